The summed E-state index contributed by atoms with van der Waals surface area (Å²) in [6, 6.07) is 0. The molecule has 1 aromatic rings. The number of hydrogen-bond donors (Lipinski definition) is 1. The van der Waals surface area contributed by atoms with E-state index in [0.29, 0.717) is 18.5 Å². The van der Waals surface area contributed by atoms with Crippen molar-refractivity contribution in [1.29, 1.82) is 0 Å². The molecule has 6 heteroatoms. The number of thiazole rings is 1. The van der Waals surface area contributed by atoms with Gasteiger partial charge < -0.3 is 5.11 Å². The summed E-state index contributed by atoms with van der Waals surface area (Å²) in [5, 5.41) is 11.0. The maximum absolute atomic E-state index is 11.6. The van der Waals surface area contributed by atoms with E-state index in [9.17, 15) is 8.42 Å². The quantitative estimate of drug-likeness (QED) is 0.862. The normalized spacial score (nSPS) is 24.5. The Balaban J connectivity index is 2.22. The summed E-state index contributed by atoms with van der Waals surface area (Å²) >= 11 is 1.43. The number of aromatic nitrogens is 1. The third kappa shape index (κ3) is 2.21. The van der Waals surface area contributed by atoms with Crippen molar-refractivity contribution in [3.63, 3.8) is 0 Å². The van der Waals surface area contributed by atoms with Crippen molar-refractivity contribution in [2.75, 3.05) is 12.4 Å². The zero-order valence-corrected chi connectivity index (χ0v) is 9.85. The molecule has 1 aliphatic rings. The molecule has 1 fully saturated rings. The second kappa shape index (κ2) is 4.19. The largest absolute Gasteiger partial charge is 0.396 e. The average molecular weight is 247 g/mol. The lowest BCUT2D eigenvalue weighted by atomic mass is 10.2. The second-order valence-electron chi connectivity index (χ2n) is 3.64. The third-order valence-electron chi connectivity index (χ3n) is 2.55. The van der Waals surface area contributed by atoms with E-state index < -0.39 is 15.1 Å². The van der Waals surface area contributed by atoms with Crippen LogP contribution in [0.5, 0.6) is 0 Å². The molecule has 1 unspecified atom stereocenters. The van der Waals surface area contributed by atoms with Crippen LogP contribution in [0.3, 0.4) is 0 Å². The van der Waals surface area contributed by atoms with Gasteiger partial charge in [-0.3, -0.25) is 0 Å². The molecule has 0 radical (unpaired) electrons. The first kappa shape index (κ1) is 11.0. The first-order valence-electron chi connectivity index (χ1n) is 4.90. The van der Waals surface area contributed by atoms with E-state index in [-0.39, 0.29) is 12.4 Å². The highest BCUT2D eigenvalue weighted by Crippen LogP contribution is 2.34. The molecule has 1 aliphatic heterocycles. The van der Waals surface area contributed by atoms with Gasteiger partial charge in [-0.15, -0.1) is 11.3 Å². The molecular weight excluding hydrogens is 234 g/mol. The summed E-state index contributed by atoms with van der Waals surface area (Å²) < 4.78 is 23.3. The van der Waals surface area contributed by atoms with E-state index in [1.165, 1.54) is 11.3 Å². The third-order valence-corrected chi connectivity index (χ3v) is 5.68. The standard InChI is InChI=1S/C9H13NO3S2/c11-4-3-9-10-7(6-14-9)8-2-1-5-15(8,12)13/h6,8,11H,1-5H2. The number of hydrogen-bond acceptors (Lipinski definition) is 5. The highest BCUT2D eigenvalue weighted by atomic mass is 32.2. The summed E-state index contributed by atoms with van der Waals surface area (Å²) in [7, 11) is -2.96. The molecule has 1 aromatic heterocycles. The van der Waals surface area contributed by atoms with Crippen LogP contribution < -0.4 is 0 Å². The molecule has 1 N–H and O–H groups in total. The summed E-state index contributed by atoms with van der Waals surface area (Å²) in [5.41, 5.74) is 0.668. The van der Waals surface area contributed by atoms with E-state index in [1.54, 1.807) is 5.38 Å². The Morgan fingerprint density at radius 3 is 3.00 bits per heavy atom. The van der Waals surface area contributed by atoms with Gasteiger partial charge in [-0.2, -0.15) is 0 Å². The number of rotatable bonds is 3. The number of sulfone groups is 1. The lowest BCUT2D eigenvalue weighted by Crippen LogP contribution is -2.08. The minimum Gasteiger partial charge on any atom is -0.396 e. The molecule has 4 nitrogen and oxygen atoms in total. The summed E-state index contributed by atoms with van der Waals surface area (Å²) in [4.78, 5) is 4.26. The smallest absolute Gasteiger partial charge is 0.158 e. The molecule has 0 amide bonds. The van der Waals surface area contributed by atoms with E-state index >= 15 is 0 Å². The van der Waals surface area contributed by atoms with Crippen LogP contribution in [0.1, 0.15) is 28.8 Å². The molecule has 2 heterocycles. The Morgan fingerprint density at radius 1 is 1.60 bits per heavy atom. The monoisotopic (exact) mass is 247 g/mol. The molecule has 0 saturated carbocycles. The van der Waals surface area contributed by atoms with Gasteiger partial charge >= 0.3 is 0 Å². The highest BCUT2D eigenvalue weighted by Gasteiger charge is 2.34. The van der Waals surface area contributed by atoms with Crippen molar-refractivity contribution in [3.05, 3.63) is 16.1 Å². The van der Waals surface area contributed by atoms with Crippen LogP contribution >= 0.6 is 11.3 Å². The Labute approximate surface area is 92.9 Å². The maximum Gasteiger partial charge on any atom is 0.158 e. The van der Waals surface area contributed by atoms with Crippen molar-refractivity contribution in [1.82, 2.24) is 4.98 Å². The van der Waals surface area contributed by atoms with Gasteiger partial charge in [0.15, 0.2) is 9.84 Å². The fraction of sp³-hybridized carbons (Fsp3) is 0.667. The van der Waals surface area contributed by atoms with E-state index in [1.807, 2.05) is 0 Å². The molecule has 15 heavy (non-hydrogen) atoms. The topological polar surface area (TPSA) is 67.3 Å². The van der Waals surface area contributed by atoms with Crippen LogP contribution in [-0.2, 0) is 16.3 Å². The fourth-order valence-corrected chi connectivity index (χ4v) is 4.60. The predicted octanol–water partition coefficient (Wildman–Crippen LogP) is 0.928. The predicted molar refractivity (Wildman–Crippen MR) is 58.7 cm³/mol. The first-order chi connectivity index (χ1) is 7.13. The van der Waals surface area contributed by atoms with E-state index in [0.717, 1.165) is 11.4 Å². The average Bonchev–Trinajstić information content (AvgIpc) is 2.72. The van der Waals surface area contributed by atoms with Crippen molar-refractivity contribution in [2.45, 2.75) is 24.5 Å². The number of nitrogens with zero attached hydrogens (tertiary/aromatic N) is 1. The van der Waals surface area contributed by atoms with Crippen LogP contribution in [0, 0.1) is 0 Å². The van der Waals surface area contributed by atoms with E-state index in [4.69, 9.17) is 5.11 Å². The molecule has 1 atom stereocenters. The van der Waals surface area contributed by atoms with E-state index in [2.05, 4.69) is 4.98 Å². The molecular formula is C9H13NO3S2. The summed E-state index contributed by atoms with van der Waals surface area (Å²) in [5.74, 6) is 0.282. The summed E-state index contributed by atoms with van der Waals surface area (Å²) in [6.07, 6.45) is 1.93. The van der Waals surface area contributed by atoms with Crippen molar-refractivity contribution >= 4 is 21.2 Å². The highest BCUT2D eigenvalue weighted by molar-refractivity contribution is 7.91. The van der Waals surface area contributed by atoms with Crippen LogP contribution in [0.15, 0.2) is 5.38 Å². The van der Waals surface area contributed by atoms with Gasteiger partial charge in [-0.25, -0.2) is 13.4 Å². The molecule has 0 aromatic carbocycles. The number of aliphatic hydroxyl groups excluding tert-OH is 1. The Kier molecular flexibility index (Phi) is 3.08. The lowest BCUT2D eigenvalue weighted by Gasteiger charge is -2.04. The summed E-state index contributed by atoms with van der Waals surface area (Å²) in [6.45, 7) is 0.0599. The zero-order valence-electron chi connectivity index (χ0n) is 8.22. The van der Waals surface area contributed by atoms with Crippen molar-refractivity contribution in [2.24, 2.45) is 0 Å². The van der Waals surface area contributed by atoms with Crippen LogP contribution in [-0.4, -0.2) is 30.9 Å². The van der Waals surface area contributed by atoms with Gasteiger partial charge in [0.25, 0.3) is 0 Å². The lowest BCUT2D eigenvalue weighted by molar-refractivity contribution is 0.299. The minimum absolute atomic E-state index is 0.0599. The zero-order chi connectivity index (χ0) is 10.9. The minimum atomic E-state index is -2.96. The van der Waals surface area contributed by atoms with Gasteiger partial charge in [-0.05, 0) is 12.8 Å². The van der Waals surface area contributed by atoms with Gasteiger partial charge in [-0.1, -0.05) is 0 Å². The molecule has 2 rings (SSSR count). The Morgan fingerprint density at radius 2 is 2.40 bits per heavy atom. The van der Waals surface area contributed by atoms with Gasteiger partial charge in [0.1, 0.15) is 5.25 Å². The first-order valence-corrected chi connectivity index (χ1v) is 7.50. The van der Waals surface area contributed by atoms with Gasteiger partial charge in [0, 0.05) is 18.4 Å². The second-order valence-corrected chi connectivity index (χ2v) is 6.88. The van der Waals surface area contributed by atoms with Crippen LogP contribution in [0.25, 0.3) is 0 Å². The van der Waals surface area contributed by atoms with Crippen LogP contribution in [0.2, 0.25) is 0 Å². The maximum atomic E-state index is 11.6. The van der Waals surface area contributed by atoms with Crippen molar-refractivity contribution < 1.29 is 13.5 Å². The Bertz CT molecular complexity index is 438. The number of aliphatic hydroxyl groups is 1. The van der Waals surface area contributed by atoms with Crippen LogP contribution in [0.4, 0.5) is 0 Å². The van der Waals surface area contributed by atoms with Gasteiger partial charge in [0.2, 0.25) is 0 Å². The molecule has 0 aliphatic carbocycles. The SMILES string of the molecule is O=S1(=O)CCCC1c1csc(CCO)n1. The fourth-order valence-electron chi connectivity index (χ4n) is 1.81. The van der Waals surface area contributed by atoms with Crippen molar-refractivity contribution in [3.8, 4) is 0 Å². The molecule has 84 valence electrons. The Hall–Kier alpha value is -0.460. The molecule has 0 spiro atoms. The van der Waals surface area contributed by atoms with Gasteiger partial charge in [0.05, 0.1) is 16.5 Å². The molecule has 0 bridgehead atoms. The molecule has 1 saturated heterocycles.